The van der Waals surface area contributed by atoms with Crippen molar-refractivity contribution in [3.8, 4) is 0 Å². The summed E-state index contributed by atoms with van der Waals surface area (Å²) in [7, 11) is 6.56. The van der Waals surface area contributed by atoms with Gasteiger partial charge in [-0.3, -0.25) is 9.59 Å². The van der Waals surface area contributed by atoms with Crippen molar-refractivity contribution in [2.75, 3.05) is 60.4 Å². The number of nitrogens with zero attached hydrogens (tertiary/aromatic N) is 3. The normalized spacial score (nSPS) is 24.0. The highest BCUT2D eigenvalue weighted by Crippen LogP contribution is 2.08. The van der Waals surface area contributed by atoms with Crippen molar-refractivity contribution < 1.29 is 9.59 Å². The average Bonchev–Trinajstić information content (AvgIpc) is 3.29. The first-order valence-corrected chi connectivity index (χ1v) is 11.2. The number of hydrogen-bond acceptors (Lipinski definition) is 5. The molecule has 3 heterocycles. The Morgan fingerprint density at radius 2 is 0.821 bits per heavy atom. The predicted octanol–water partition coefficient (Wildman–Crippen LogP) is 3.25. The second-order valence-electron chi connectivity index (χ2n) is 8.60. The van der Waals surface area contributed by atoms with Gasteiger partial charge in [0.1, 0.15) is 0 Å². The number of carbonyl (C=O) groups is 2. The molecule has 0 aromatic carbocycles. The molecule has 3 fully saturated rings. The summed E-state index contributed by atoms with van der Waals surface area (Å²) < 4.78 is 0. The largest absolute Gasteiger partial charge is 0.306 e. The van der Waals surface area contributed by atoms with E-state index in [0.717, 1.165) is 0 Å². The number of carbonyl (C=O) groups excluding carboxylic acids is 2. The summed E-state index contributed by atoms with van der Waals surface area (Å²) in [5, 5.41) is 0. The van der Waals surface area contributed by atoms with Gasteiger partial charge in [-0.15, -0.1) is 0 Å². The Morgan fingerprint density at radius 3 is 0.929 bits per heavy atom. The van der Waals surface area contributed by atoms with Crippen molar-refractivity contribution in [1.82, 2.24) is 14.7 Å². The van der Waals surface area contributed by atoms with E-state index < -0.39 is 5.92 Å². The van der Waals surface area contributed by atoms with Gasteiger partial charge in [-0.25, -0.2) is 0 Å². The predicted molar refractivity (Wildman–Crippen MR) is 118 cm³/mol. The van der Waals surface area contributed by atoms with Gasteiger partial charge in [-0.1, -0.05) is 12.8 Å². The molecule has 0 atom stereocenters. The molecule has 162 valence electrons. The molecular weight excluding hydrogens is 350 g/mol. The fourth-order valence-corrected chi connectivity index (χ4v) is 3.57. The first-order chi connectivity index (χ1) is 13.4. The molecule has 4 rings (SSSR count). The zero-order chi connectivity index (χ0) is 20.8. The Balaban J connectivity index is 0.000000188. The molecule has 0 unspecified atom stereocenters. The topological polar surface area (TPSA) is 43.9 Å². The number of rotatable bonds is 0. The number of likely N-dealkylation sites (tertiary alicyclic amines) is 3. The van der Waals surface area contributed by atoms with Crippen LogP contribution >= 0.6 is 0 Å². The Hall–Kier alpha value is -1.04. The van der Waals surface area contributed by atoms with Crippen LogP contribution in [0.25, 0.3) is 0 Å². The highest BCUT2D eigenvalue weighted by Gasteiger charge is 2.21. The van der Waals surface area contributed by atoms with Gasteiger partial charge in [0.15, 0.2) is 11.6 Å². The van der Waals surface area contributed by atoms with Crippen LogP contribution in [0.3, 0.4) is 0 Å². The Kier molecular flexibility index (Phi) is 13.3. The number of piperidine rings is 2. The second kappa shape index (κ2) is 14.9. The monoisotopic (exact) mass is 393 g/mol. The standard InChI is InChI=1S/2C6H13N.C6H6O2.C5H11N/c2*1-7-5-3-2-4-6-7;1-4-5(7)2-3-6(4)8;1-6-4-2-3-5-6/h2*2-6H2,1H3;2-4H,1H3;2-5H2,1H3. The van der Waals surface area contributed by atoms with Gasteiger partial charge in [0, 0.05) is 0 Å². The molecule has 5 nitrogen and oxygen atoms in total. The molecule has 0 amide bonds. The highest BCUT2D eigenvalue weighted by molar-refractivity contribution is 6.18. The Labute approximate surface area is 173 Å². The van der Waals surface area contributed by atoms with Gasteiger partial charge in [-0.2, -0.15) is 0 Å². The molecule has 4 aliphatic rings. The molecule has 0 bridgehead atoms. The zero-order valence-corrected chi connectivity index (χ0v) is 18.8. The molecular formula is C23H43N3O2. The van der Waals surface area contributed by atoms with Gasteiger partial charge in [-0.05, 0) is 118 Å². The fourth-order valence-electron chi connectivity index (χ4n) is 3.57. The summed E-state index contributed by atoms with van der Waals surface area (Å²) in [6, 6.07) is 0. The van der Waals surface area contributed by atoms with E-state index >= 15 is 0 Å². The van der Waals surface area contributed by atoms with E-state index in [1.54, 1.807) is 6.92 Å². The van der Waals surface area contributed by atoms with Crippen LogP contribution in [0.1, 0.15) is 58.3 Å². The highest BCUT2D eigenvalue weighted by atomic mass is 16.2. The number of ketones is 2. The van der Waals surface area contributed by atoms with E-state index in [4.69, 9.17) is 0 Å². The van der Waals surface area contributed by atoms with E-state index in [1.807, 2.05) is 0 Å². The first kappa shape index (κ1) is 25.0. The quantitative estimate of drug-likeness (QED) is 0.591. The van der Waals surface area contributed by atoms with Crippen LogP contribution < -0.4 is 0 Å². The molecule has 0 spiro atoms. The van der Waals surface area contributed by atoms with Gasteiger partial charge in [0.25, 0.3) is 0 Å². The number of hydrogen-bond donors (Lipinski definition) is 0. The van der Waals surface area contributed by atoms with Crippen molar-refractivity contribution in [3.05, 3.63) is 12.2 Å². The second-order valence-corrected chi connectivity index (χ2v) is 8.60. The summed E-state index contributed by atoms with van der Waals surface area (Å²) in [4.78, 5) is 28.1. The summed E-state index contributed by atoms with van der Waals surface area (Å²) in [5.41, 5.74) is 0. The maximum absolute atomic E-state index is 10.5. The van der Waals surface area contributed by atoms with Crippen molar-refractivity contribution in [2.45, 2.75) is 58.3 Å². The van der Waals surface area contributed by atoms with Crippen molar-refractivity contribution in [1.29, 1.82) is 0 Å². The Morgan fingerprint density at radius 1 is 0.571 bits per heavy atom. The smallest absolute Gasteiger partial charge is 0.166 e. The molecule has 0 radical (unpaired) electrons. The average molecular weight is 394 g/mol. The molecule has 3 saturated heterocycles. The summed E-state index contributed by atoms with van der Waals surface area (Å²) in [5.74, 6) is -0.556. The van der Waals surface area contributed by atoms with Crippen LogP contribution in [-0.2, 0) is 9.59 Å². The van der Waals surface area contributed by atoms with E-state index in [0.29, 0.717) is 0 Å². The SMILES string of the molecule is CC1C(=O)C=CC1=O.CN1CCCC1.CN1CCCCC1.CN1CCCCC1. The first-order valence-electron chi connectivity index (χ1n) is 11.2. The van der Waals surface area contributed by atoms with Crippen LogP contribution in [0.5, 0.6) is 0 Å². The fraction of sp³-hybridized carbons (Fsp3) is 0.826. The minimum atomic E-state index is -0.407. The third-order valence-corrected chi connectivity index (χ3v) is 5.75. The lowest BCUT2D eigenvalue weighted by Gasteiger charge is -2.20. The van der Waals surface area contributed by atoms with E-state index in [2.05, 4.69) is 35.8 Å². The van der Waals surface area contributed by atoms with Crippen LogP contribution in [0, 0.1) is 5.92 Å². The molecule has 28 heavy (non-hydrogen) atoms. The van der Waals surface area contributed by atoms with Gasteiger partial charge in [0.2, 0.25) is 0 Å². The maximum Gasteiger partial charge on any atom is 0.166 e. The van der Waals surface area contributed by atoms with Crippen LogP contribution in [0.15, 0.2) is 12.2 Å². The third kappa shape index (κ3) is 11.7. The van der Waals surface area contributed by atoms with Crippen molar-refractivity contribution in [3.63, 3.8) is 0 Å². The lowest BCUT2D eigenvalue weighted by Crippen LogP contribution is -2.24. The molecule has 0 saturated carbocycles. The van der Waals surface area contributed by atoms with Crippen LogP contribution in [0.4, 0.5) is 0 Å². The summed E-state index contributed by atoms with van der Waals surface area (Å²) in [6.45, 7) is 9.53. The molecule has 5 heteroatoms. The van der Waals surface area contributed by atoms with E-state index in [-0.39, 0.29) is 11.6 Å². The Bertz CT molecular complexity index is 426. The minimum Gasteiger partial charge on any atom is -0.306 e. The zero-order valence-electron chi connectivity index (χ0n) is 18.8. The summed E-state index contributed by atoms with van der Waals surface area (Å²) >= 11 is 0. The third-order valence-electron chi connectivity index (χ3n) is 5.75. The minimum absolute atomic E-state index is 0.0741. The number of allylic oxidation sites excluding steroid dienone is 2. The van der Waals surface area contributed by atoms with Crippen LogP contribution in [0.2, 0.25) is 0 Å². The van der Waals surface area contributed by atoms with Gasteiger partial charge >= 0.3 is 0 Å². The lowest BCUT2D eigenvalue weighted by atomic mass is 10.1. The van der Waals surface area contributed by atoms with Crippen molar-refractivity contribution in [2.24, 2.45) is 5.92 Å². The van der Waals surface area contributed by atoms with Gasteiger partial charge in [0.05, 0.1) is 5.92 Å². The van der Waals surface area contributed by atoms with Crippen LogP contribution in [-0.4, -0.2) is 86.7 Å². The van der Waals surface area contributed by atoms with Gasteiger partial charge < -0.3 is 14.7 Å². The van der Waals surface area contributed by atoms with E-state index in [9.17, 15) is 9.59 Å². The molecule has 1 aliphatic carbocycles. The summed E-state index contributed by atoms with van der Waals surface area (Å²) in [6.07, 6.45) is 14.0. The maximum atomic E-state index is 10.5. The molecule has 0 aromatic heterocycles. The lowest BCUT2D eigenvalue weighted by molar-refractivity contribution is -0.124. The van der Waals surface area contributed by atoms with Crippen molar-refractivity contribution >= 4 is 11.6 Å². The molecule has 3 aliphatic heterocycles. The van der Waals surface area contributed by atoms with E-state index in [1.165, 1.54) is 103 Å². The molecule has 0 N–H and O–H groups in total. The molecule has 0 aromatic rings.